The minimum Gasteiger partial charge on any atom is -0.381 e. The van der Waals surface area contributed by atoms with Gasteiger partial charge in [0.1, 0.15) is 5.82 Å². The number of hydrogen-bond acceptors (Lipinski definition) is 5. The van der Waals surface area contributed by atoms with E-state index in [1.807, 2.05) is 36.2 Å². The molecule has 28 heavy (non-hydrogen) atoms. The monoisotopic (exact) mass is 382 g/mol. The van der Waals surface area contributed by atoms with Gasteiger partial charge in [-0.2, -0.15) is 5.10 Å². The minimum absolute atomic E-state index is 0.0945. The fourth-order valence-electron chi connectivity index (χ4n) is 4.22. The smallest absolute Gasteiger partial charge is 0.274 e. The van der Waals surface area contributed by atoms with E-state index in [0.29, 0.717) is 11.7 Å². The fraction of sp³-hybridized carbons (Fsp3) is 0.571. The van der Waals surface area contributed by atoms with Gasteiger partial charge in [-0.1, -0.05) is 0 Å². The van der Waals surface area contributed by atoms with Crippen molar-refractivity contribution in [3.63, 3.8) is 0 Å². The Kier molecular flexibility index (Phi) is 5.50. The number of likely N-dealkylation sites (tertiary alicyclic amines) is 1. The van der Waals surface area contributed by atoms with Gasteiger partial charge in [-0.3, -0.25) is 9.89 Å². The Morgan fingerprint density at radius 2 is 2.04 bits per heavy atom. The lowest BCUT2D eigenvalue weighted by Crippen LogP contribution is -2.33. The van der Waals surface area contributed by atoms with Gasteiger partial charge in [0, 0.05) is 44.5 Å². The molecule has 0 radical (unpaired) electrons. The molecule has 7 nitrogen and oxygen atoms in total. The first-order valence-electron chi connectivity index (χ1n) is 10.4. The number of amides is 1. The zero-order valence-corrected chi connectivity index (χ0v) is 16.9. The lowest BCUT2D eigenvalue weighted by atomic mass is 9.95. The molecule has 2 aromatic heterocycles. The molecule has 1 fully saturated rings. The van der Waals surface area contributed by atoms with Crippen LogP contribution < -0.4 is 10.2 Å². The largest absolute Gasteiger partial charge is 0.381 e. The summed E-state index contributed by atoms with van der Waals surface area (Å²) < 4.78 is 0. The predicted molar refractivity (Wildman–Crippen MR) is 111 cm³/mol. The topological polar surface area (TPSA) is 77.1 Å². The van der Waals surface area contributed by atoms with E-state index < -0.39 is 0 Å². The number of aromatic amines is 1. The van der Waals surface area contributed by atoms with E-state index in [1.165, 1.54) is 6.42 Å². The van der Waals surface area contributed by atoms with Crippen LogP contribution in [0.25, 0.3) is 0 Å². The van der Waals surface area contributed by atoms with Gasteiger partial charge >= 0.3 is 0 Å². The van der Waals surface area contributed by atoms with Crippen molar-refractivity contribution >= 4 is 17.4 Å². The third-order valence-electron chi connectivity index (χ3n) is 5.85. The maximum Gasteiger partial charge on any atom is 0.274 e. The molecule has 1 aliphatic carbocycles. The molecule has 1 amide bonds. The molecule has 4 rings (SSSR count). The summed E-state index contributed by atoms with van der Waals surface area (Å²) in [7, 11) is 3.98. The third kappa shape index (κ3) is 3.98. The van der Waals surface area contributed by atoms with Crippen molar-refractivity contribution in [1.82, 2.24) is 20.1 Å². The maximum absolute atomic E-state index is 13.1. The highest BCUT2D eigenvalue weighted by atomic mass is 16.2. The van der Waals surface area contributed by atoms with Crippen LogP contribution >= 0.6 is 0 Å². The first-order chi connectivity index (χ1) is 13.6. The van der Waals surface area contributed by atoms with E-state index in [2.05, 4.69) is 26.6 Å². The number of nitrogens with one attached hydrogen (secondary N) is 2. The number of anilines is 2. The molecule has 2 N–H and O–H groups in total. The van der Waals surface area contributed by atoms with Crippen molar-refractivity contribution in [1.29, 1.82) is 0 Å². The van der Waals surface area contributed by atoms with Gasteiger partial charge in [-0.05, 0) is 57.1 Å². The summed E-state index contributed by atoms with van der Waals surface area (Å²) in [6, 6.07) is 4.46. The Labute approximate surface area is 166 Å². The lowest BCUT2D eigenvalue weighted by molar-refractivity contribution is 0.0754. The lowest BCUT2D eigenvalue weighted by Gasteiger charge is -2.21. The maximum atomic E-state index is 13.1. The summed E-state index contributed by atoms with van der Waals surface area (Å²) in [4.78, 5) is 21.5. The van der Waals surface area contributed by atoms with Crippen molar-refractivity contribution in [2.45, 2.75) is 51.0 Å². The van der Waals surface area contributed by atoms with Crippen LogP contribution in [0, 0.1) is 0 Å². The van der Waals surface area contributed by atoms with Crippen LogP contribution in [0.2, 0.25) is 0 Å². The Bertz CT molecular complexity index is 813. The van der Waals surface area contributed by atoms with Crippen LogP contribution in [0.3, 0.4) is 0 Å². The molecule has 0 aromatic carbocycles. The highest BCUT2D eigenvalue weighted by Crippen LogP contribution is 2.24. The molecule has 0 bridgehead atoms. The van der Waals surface area contributed by atoms with Crippen molar-refractivity contribution in [3.8, 4) is 0 Å². The van der Waals surface area contributed by atoms with Gasteiger partial charge in [-0.15, -0.1) is 0 Å². The quantitative estimate of drug-likeness (QED) is 0.850. The Morgan fingerprint density at radius 1 is 1.18 bits per heavy atom. The summed E-state index contributed by atoms with van der Waals surface area (Å²) >= 11 is 0. The molecule has 3 heterocycles. The van der Waals surface area contributed by atoms with Crippen LogP contribution in [0.15, 0.2) is 18.3 Å². The van der Waals surface area contributed by atoms with Crippen molar-refractivity contribution in [2.24, 2.45) is 0 Å². The molecule has 2 aliphatic rings. The van der Waals surface area contributed by atoms with E-state index in [1.54, 1.807) is 0 Å². The van der Waals surface area contributed by atoms with Gasteiger partial charge in [0.25, 0.3) is 5.91 Å². The van der Waals surface area contributed by atoms with Gasteiger partial charge in [0.2, 0.25) is 0 Å². The zero-order chi connectivity index (χ0) is 19.5. The number of fused-ring (bicyclic) bond motifs is 1. The van der Waals surface area contributed by atoms with Crippen molar-refractivity contribution < 1.29 is 4.79 Å². The number of carbonyl (C=O) groups is 1. The van der Waals surface area contributed by atoms with Crippen LogP contribution in [0.1, 0.15) is 53.8 Å². The standard InChI is InChI=1S/C21H30N6O/c1-26(2)19-10-9-16(14-22-19)23-15-6-5-12-27(13-11-15)21(28)20-17-7-3-4-8-18(17)24-25-20/h9-10,14-15,23H,3-8,11-13H2,1-2H3,(H,24,25)/t15-/m1/s1. The van der Waals surface area contributed by atoms with Crippen molar-refractivity contribution in [3.05, 3.63) is 35.3 Å². The van der Waals surface area contributed by atoms with Crippen LogP contribution in [-0.2, 0) is 12.8 Å². The molecular formula is C21H30N6O. The Morgan fingerprint density at radius 3 is 2.82 bits per heavy atom. The molecule has 0 saturated carbocycles. The first kappa shape index (κ1) is 18.8. The minimum atomic E-state index is 0.0945. The van der Waals surface area contributed by atoms with E-state index in [9.17, 15) is 4.79 Å². The van der Waals surface area contributed by atoms with Crippen LogP contribution in [0.5, 0.6) is 0 Å². The van der Waals surface area contributed by atoms with Gasteiger partial charge in [-0.25, -0.2) is 4.98 Å². The molecule has 0 unspecified atom stereocenters. The average Bonchev–Trinajstić information content (AvgIpc) is 3.00. The summed E-state index contributed by atoms with van der Waals surface area (Å²) in [5.74, 6) is 1.04. The van der Waals surface area contributed by atoms with Gasteiger partial charge in [0.15, 0.2) is 5.69 Å². The van der Waals surface area contributed by atoms with Gasteiger partial charge < -0.3 is 15.1 Å². The van der Waals surface area contributed by atoms with E-state index in [4.69, 9.17) is 0 Å². The second-order valence-electron chi connectivity index (χ2n) is 8.10. The highest BCUT2D eigenvalue weighted by Gasteiger charge is 2.27. The zero-order valence-electron chi connectivity index (χ0n) is 16.9. The summed E-state index contributed by atoms with van der Waals surface area (Å²) in [6.45, 7) is 1.57. The number of carbonyl (C=O) groups excluding carboxylic acids is 1. The SMILES string of the molecule is CN(C)c1ccc(N[C@@H]2CCCN(C(=O)c3n[nH]c4c3CCCC4)CC2)cn1. The normalized spacial score (nSPS) is 19.6. The number of H-pyrrole nitrogens is 1. The first-order valence-corrected chi connectivity index (χ1v) is 10.4. The number of rotatable bonds is 4. The molecular weight excluding hydrogens is 352 g/mol. The van der Waals surface area contributed by atoms with Gasteiger partial charge in [0.05, 0.1) is 11.9 Å². The predicted octanol–water partition coefficient (Wildman–Crippen LogP) is 2.86. The molecule has 1 atom stereocenters. The molecule has 2 aromatic rings. The van der Waals surface area contributed by atoms with Crippen LogP contribution in [0.4, 0.5) is 11.5 Å². The van der Waals surface area contributed by atoms with Crippen LogP contribution in [-0.4, -0.2) is 59.2 Å². The molecule has 7 heteroatoms. The number of hydrogen-bond donors (Lipinski definition) is 2. The number of nitrogens with zero attached hydrogens (tertiary/aromatic N) is 4. The molecule has 1 saturated heterocycles. The molecule has 1 aliphatic heterocycles. The second kappa shape index (κ2) is 8.20. The number of aryl methyl sites for hydroxylation is 1. The highest BCUT2D eigenvalue weighted by molar-refractivity contribution is 5.94. The summed E-state index contributed by atoms with van der Waals surface area (Å²) in [5, 5.41) is 11.1. The van der Waals surface area contributed by atoms with E-state index in [-0.39, 0.29) is 5.91 Å². The average molecular weight is 383 g/mol. The number of aromatic nitrogens is 3. The second-order valence-corrected chi connectivity index (χ2v) is 8.10. The number of pyridine rings is 1. The van der Waals surface area contributed by atoms with Crippen molar-refractivity contribution in [2.75, 3.05) is 37.4 Å². The Balaban J connectivity index is 1.37. The Hall–Kier alpha value is -2.57. The summed E-state index contributed by atoms with van der Waals surface area (Å²) in [5.41, 5.74) is 4.01. The van der Waals surface area contributed by atoms with E-state index in [0.717, 1.165) is 74.4 Å². The molecule has 0 spiro atoms. The third-order valence-corrected chi connectivity index (χ3v) is 5.85. The summed E-state index contributed by atoms with van der Waals surface area (Å²) in [6.07, 6.45) is 9.21. The fourth-order valence-corrected chi connectivity index (χ4v) is 4.22. The van der Waals surface area contributed by atoms with E-state index >= 15 is 0 Å². The molecule has 150 valence electrons.